The van der Waals surface area contributed by atoms with Crippen molar-refractivity contribution in [3.05, 3.63) is 59.2 Å². The lowest BCUT2D eigenvalue weighted by Gasteiger charge is -2.21. The lowest BCUT2D eigenvalue weighted by Crippen LogP contribution is -2.27. The van der Waals surface area contributed by atoms with Crippen molar-refractivity contribution in [1.29, 1.82) is 0 Å². The summed E-state index contributed by atoms with van der Waals surface area (Å²) in [7, 11) is -2.03. The number of aryl methyl sites for hydroxylation is 1. The van der Waals surface area contributed by atoms with Gasteiger partial charge in [0, 0.05) is 6.04 Å². The molecule has 0 amide bonds. The van der Waals surface area contributed by atoms with E-state index >= 15 is 0 Å². The summed E-state index contributed by atoms with van der Waals surface area (Å²) >= 11 is 0. The average molecular weight is 362 g/mol. The lowest BCUT2D eigenvalue weighted by atomic mass is 9.86. The maximum Gasteiger partial charge on any atom is 0.241 e. The Bertz CT molecular complexity index is 834. The van der Waals surface area contributed by atoms with Crippen LogP contribution in [-0.2, 0) is 15.4 Å². The number of ether oxygens (including phenoxy) is 1. The first-order valence-corrected chi connectivity index (χ1v) is 9.80. The minimum absolute atomic E-state index is 0.0713. The van der Waals surface area contributed by atoms with E-state index in [0.717, 1.165) is 11.1 Å². The highest BCUT2D eigenvalue weighted by atomic mass is 32.2. The molecule has 1 N–H and O–H groups in total. The molecule has 0 radical (unpaired) electrons. The second-order valence-corrected chi connectivity index (χ2v) is 9.06. The molecule has 2 aromatic carbocycles. The van der Waals surface area contributed by atoms with Gasteiger partial charge in [-0.05, 0) is 54.2 Å². The fraction of sp³-hybridized carbons (Fsp3) is 0.400. The van der Waals surface area contributed by atoms with Crippen molar-refractivity contribution in [1.82, 2.24) is 4.72 Å². The number of benzene rings is 2. The normalized spacial score (nSPS) is 13.5. The number of hydrogen-bond acceptors (Lipinski definition) is 3. The van der Waals surface area contributed by atoms with E-state index in [0.29, 0.717) is 5.75 Å². The molecule has 0 spiro atoms. The Morgan fingerprint density at radius 3 is 2.12 bits per heavy atom. The van der Waals surface area contributed by atoms with Crippen molar-refractivity contribution in [3.63, 3.8) is 0 Å². The highest BCUT2D eigenvalue weighted by Gasteiger charge is 2.20. The SMILES string of the molecule is COc1ccc(S(=O)(=O)N[C@@H](C)c2ccc(C(C)(C)C)cc2)cc1C. The van der Waals surface area contributed by atoms with Gasteiger partial charge in [0.25, 0.3) is 0 Å². The molecule has 0 unspecified atom stereocenters. The molecule has 136 valence electrons. The van der Waals surface area contributed by atoms with E-state index in [1.807, 2.05) is 26.0 Å². The van der Waals surface area contributed by atoms with Gasteiger partial charge in [-0.25, -0.2) is 13.1 Å². The fourth-order valence-corrected chi connectivity index (χ4v) is 3.98. The third-order valence-electron chi connectivity index (χ3n) is 4.29. The summed E-state index contributed by atoms with van der Waals surface area (Å²) < 4.78 is 33.2. The van der Waals surface area contributed by atoms with Gasteiger partial charge in [0.05, 0.1) is 12.0 Å². The minimum Gasteiger partial charge on any atom is -0.496 e. The third kappa shape index (κ3) is 4.61. The highest BCUT2D eigenvalue weighted by Crippen LogP contribution is 2.25. The van der Waals surface area contributed by atoms with Crippen LogP contribution in [0.25, 0.3) is 0 Å². The molecule has 0 aliphatic rings. The van der Waals surface area contributed by atoms with Crippen LogP contribution in [0.4, 0.5) is 0 Å². The Labute approximate surface area is 151 Å². The first kappa shape index (κ1) is 19.5. The Hall–Kier alpha value is -1.85. The van der Waals surface area contributed by atoms with Gasteiger partial charge >= 0.3 is 0 Å². The maximum atomic E-state index is 12.6. The monoisotopic (exact) mass is 361 g/mol. The molecule has 2 rings (SSSR count). The fourth-order valence-electron chi connectivity index (χ4n) is 2.66. The molecule has 0 saturated carbocycles. The summed E-state index contributed by atoms with van der Waals surface area (Å²) in [4.78, 5) is 0.240. The molecule has 1 atom stereocenters. The van der Waals surface area contributed by atoms with Crippen LogP contribution in [0.3, 0.4) is 0 Å². The van der Waals surface area contributed by atoms with Crippen molar-refractivity contribution in [2.75, 3.05) is 7.11 Å². The van der Waals surface area contributed by atoms with E-state index < -0.39 is 10.0 Å². The standard InChI is InChI=1S/C20H27NO3S/c1-14-13-18(11-12-19(14)24-6)25(22,23)21-15(2)16-7-9-17(10-8-16)20(3,4)5/h7-13,15,21H,1-6H3/t15-/m0/s1. The van der Waals surface area contributed by atoms with Crippen molar-refractivity contribution in [2.24, 2.45) is 0 Å². The summed E-state index contributed by atoms with van der Waals surface area (Å²) in [5, 5.41) is 0. The van der Waals surface area contributed by atoms with Crippen molar-refractivity contribution in [2.45, 2.75) is 51.0 Å². The van der Waals surface area contributed by atoms with Crippen LogP contribution in [0.15, 0.2) is 47.4 Å². The largest absolute Gasteiger partial charge is 0.496 e. The van der Waals surface area contributed by atoms with E-state index in [9.17, 15) is 8.42 Å². The van der Waals surface area contributed by atoms with Gasteiger partial charge in [0.2, 0.25) is 10.0 Å². The van der Waals surface area contributed by atoms with Crippen LogP contribution in [0, 0.1) is 6.92 Å². The van der Waals surface area contributed by atoms with Crippen LogP contribution in [0.1, 0.15) is 50.4 Å². The molecule has 0 bridgehead atoms. The van der Waals surface area contributed by atoms with Crippen LogP contribution < -0.4 is 9.46 Å². The lowest BCUT2D eigenvalue weighted by molar-refractivity contribution is 0.411. The molecular weight excluding hydrogens is 334 g/mol. The molecule has 5 heteroatoms. The van der Waals surface area contributed by atoms with Crippen LogP contribution >= 0.6 is 0 Å². The Balaban J connectivity index is 2.21. The van der Waals surface area contributed by atoms with E-state index in [1.165, 1.54) is 5.56 Å². The Morgan fingerprint density at radius 2 is 1.64 bits per heavy atom. The zero-order valence-corrected chi connectivity index (χ0v) is 16.6. The summed E-state index contributed by atoms with van der Waals surface area (Å²) in [5.41, 5.74) is 3.01. The van der Waals surface area contributed by atoms with Gasteiger partial charge in [-0.2, -0.15) is 0 Å². The quantitative estimate of drug-likeness (QED) is 0.862. The molecule has 4 nitrogen and oxygen atoms in total. The van der Waals surface area contributed by atoms with Gasteiger partial charge < -0.3 is 4.74 Å². The second kappa shape index (κ2) is 7.18. The van der Waals surface area contributed by atoms with Gasteiger partial charge in [-0.1, -0.05) is 45.0 Å². The first-order chi connectivity index (χ1) is 11.5. The first-order valence-electron chi connectivity index (χ1n) is 8.32. The Morgan fingerprint density at radius 1 is 1.04 bits per heavy atom. The molecule has 0 saturated heterocycles. The predicted molar refractivity (Wildman–Crippen MR) is 102 cm³/mol. The average Bonchev–Trinajstić information content (AvgIpc) is 2.53. The van der Waals surface area contributed by atoms with E-state index in [-0.39, 0.29) is 16.4 Å². The summed E-state index contributed by atoms with van der Waals surface area (Å²) in [5.74, 6) is 0.671. The van der Waals surface area contributed by atoms with Crippen LogP contribution in [0.5, 0.6) is 5.75 Å². The van der Waals surface area contributed by atoms with Crippen molar-refractivity contribution in [3.8, 4) is 5.75 Å². The van der Waals surface area contributed by atoms with Crippen LogP contribution in [0.2, 0.25) is 0 Å². The highest BCUT2D eigenvalue weighted by molar-refractivity contribution is 7.89. The maximum absolute atomic E-state index is 12.6. The number of sulfonamides is 1. The Kier molecular flexibility index (Phi) is 5.59. The summed E-state index contributed by atoms with van der Waals surface area (Å²) in [6.07, 6.45) is 0. The van der Waals surface area contributed by atoms with E-state index in [1.54, 1.807) is 25.3 Å². The van der Waals surface area contributed by atoms with Gasteiger partial charge in [0.1, 0.15) is 5.75 Å². The van der Waals surface area contributed by atoms with E-state index in [4.69, 9.17) is 4.74 Å². The number of nitrogens with one attached hydrogen (secondary N) is 1. The number of hydrogen-bond donors (Lipinski definition) is 1. The minimum atomic E-state index is -3.60. The second-order valence-electron chi connectivity index (χ2n) is 7.35. The van der Waals surface area contributed by atoms with Crippen LogP contribution in [-0.4, -0.2) is 15.5 Å². The summed E-state index contributed by atoms with van der Waals surface area (Å²) in [6, 6.07) is 12.6. The molecule has 0 heterocycles. The van der Waals surface area contributed by atoms with Gasteiger partial charge in [0.15, 0.2) is 0 Å². The third-order valence-corrected chi connectivity index (χ3v) is 5.82. The number of rotatable bonds is 5. The topological polar surface area (TPSA) is 55.4 Å². The van der Waals surface area contributed by atoms with E-state index in [2.05, 4.69) is 37.6 Å². The van der Waals surface area contributed by atoms with Crippen molar-refractivity contribution < 1.29 is 13.2 Å². The molecule has 0 aliphatic carbocycles. The predicted octanol–water partition coefficient (Wildman–Crippen LogP) is 4.34. The van der Waals surface area contributed by atoms with Gasteiger partial charge in [-0.15, -0.1) is 0 Å². The zero-order valence-electron chi connectivity index (χ0n) is 15.8. The number of methoxy groups -OCH3 is 1. The molecule has 0 aliphatic heterocycles. The van der Waals surface area contributed by atoms with Gasteiger partial charge in [-0.3, -0.25) is 0 Å². The summed E-state index contributed by atoms with van der Waals surface area (Å²) in [6.45, 7) is 10.1. The van der Waals surface area contributed by atoms with Crippen molar-refractivity contribution >= 4 is 10.0 Å². The molecule has 0 aromatic heterocycles. The molecule has 2 aromatic rings. The molecular formula is C20H27NO3S. The smallest absolute Gasteiger partial charge is 0.241 e. The molecule has 0 fully saturated rings. The zero-order chi connectivity index (χ0) is 18.8. The molecule has 25 heavy (non-hydrogen) atoms.